The van der Waals surface area contributed by atoms with Gasteiger partial charge in [-0.25, -0.2) is 13.2 Å². The average Bonchev–Trinajstić information content (AvgIpc) is 2.39. The zero-order valence-electron chi connectivity index (χ0n) is 10.7. The maximum atomic E-state index is 13.3. The Kier molecular flexibility index (Phi) is 3.90. The summed E-state index contributed by atoms with van der Waals surface area (Å²) in [5.41, 5.74) is 2.25. The quantitative estimate of drug-likeness (QED) is 0.834. The van der Waals surface area contributed by atoms with E-state index in [0.717, 1.165) is 23.3 Å². The van der Waals surface area contributed by atoms with Crippen LogP contribution in [0.25, 0.3) is 0 Å². The molecule has 1 nitrogen and oxygen atoms in total. The topological polar surface area (TPSA) is 12.0 Å². The molecule has 0 aliphatic carbocycles. The van der Waals surface area contributed by atoms with E-state index in [4.69, 9.17) is 0 Å². The molecule has 0 fully saturated rings. The van der Waals surface area contributed by atoms with Crippen LogP contribution in [-0.2, 0) is 0 Å². The molecule has 0 spiro atoms. The fourth-order valence-electron chi connectivity index (χ4n) is 2.15. The van der Waals surface area contributed by atoms with Gasteiger partial charge in [0, 0.05) is 0 Å². The largest absolute Gasteiger partial charge is 0.309 e. The van der Waals surface area contributed by atoms with Gasteiger partial charge in [-0.2, -0.15) is 0 Å². The third-order valence-corrected chi connectivity index (χ3v) is 3.13. The van der Waals surface area contributed by atoms with E-state index in [0.29, 0.717) is 5.56 Å². The van der Waals surface area contributed by atoms with E-state index in [1.165, 1.54) is 0 Å². The molecule has 0 bridgehead atoms. The van der Waals surface area contributed by atoms with Gasteiger partial charge in [0.15, 0.2) is 17.5 Å². The summed E-state index contributed by atoms with van der Waals surface area (Å²) in [5, 5.41) is 2.99. The molecule has 1 unspecified atom stereocenters. The molecule has 0 radical (unpaired) electrons. The lowest BCUT2D eigenvalue weighted by Gasteiger charge is -2.19. The smallest absolute Gasteiger partial charge is 0.194 e. The zero-order valence-corrected chi connectivity index (χ0v) is 10.7. The predicted octanol–water partition coefficient (Wildman–Crippen LogP) is 3.72. The lowest BCUT2D eigenvalue weighted by molar-refractivity contribution is 0.443. The Balaban J connectivity index is 2.52. The number of benzene rings is 2. The first kappa shape index (κ1) is 13.6. The number of aryl methyl sites for hydroxylation is 1. The third-order valence-electron chi connectivity index (χ3n) is 3.13. The van der Waals surface area contributed by atoms with Crippen LogP contribution < -0.4 is 5.32 Å². The molecule has 1 N–H and O–H groups in total. The summed E-state index contributed by atoms with van der Waals surface area (Å²) in [4.78, 5) is 0. The van der Waals surface area contributed by atoms with Crippen molar-refractivity contribution in [3.05, 3.63) is 70.5 Å². The molecule has 0 aliphatic heterocycles. The average molecular weight is 265 g/mol. The van der Waals surface area contributed by atoms with Crippen molar-refractivity contribution in [2.45, 2.75) is 13.0 Å². The highest BCUT2D eigenvalue weighted by Crippen LogP contribution is 2.26. The van der Waals surface area contributed by atoms with Crippen molar-refractivity contribution < 1.29 is 13.2 Å². The number of nitrogens with one attached hydrogen (secondary N) is 1. The molecule has 0 aromatic heterocycles. The summed E-state index contributed by atoms with van der Waals surface area (Å²) >= 11 is 0. The molecule has 2 aromatic carbocycles. The number of hydrogen-bond donors (Lipinski definition) is 1. The van der Waals surface area contributed by atoms with E-state index in [1.807, 2.05) is 31.2 Å². The van der Waals surface area contributed by atoms with Gasteiger partial charge in [-0.3, -0.25) is 0 Å². The molecule has 19 heavy (non-hydrogen) atoms. The predicted molar refractivity (Wildman–Crippen MR) is 68.4 cm³/mol. The SMILES string of the molecule is CNC(c1cc(F)c(F)c(F)c1)c1ccccc1C. The zero-order chi connectivity index (χ0) is 14.0. The molecule has 0 heterocycles. The van der Waals surface area contributed by atoms with Crippen LogP contribution in [0.15, 0.2) is 36.4 Å². The standard InChI is InChI=1S/C15H14F3N/c1-9-5-3-4-6-11(9)15(19-2)10-7-12(16)14(18)13(17)8-10/h3-8,15,19H,1-2H3. The van der Waals surface area contributed by atoms with E-state index in [-0.39, 0.29) is 6.04 Å². The molecule has 0 saturated heterocycles. The summed E-state index contributed by atoms with van der Waals surface area (Å²) in [6.45, 7) is 1.91. The fraction of sp³-hybridized carbons (Fsp3) is 0.200. The van der Waals surface area contributed by atoms with Crippen LogP contribution in [0.2, 0.25) is 0 Å². The summed E-state index contributed by atoms with van der Waals surface area (Å²) in [7, 11) is 1.69. The molecule has 2 aromatic rings. The monoisotopic (exact) mass is 265 g/mol. The van der Waals surface area contributed by atoms with Crippen LogP contribution in [0, 0.1) is 24.4 Å². The van der Waals surface area contributed by atoms with Gasteiger partial charge in [0.25, 0.3) is 0 Å². The Morgan fingerprint density at radius 3 is 2.11 bits per heavy atom. The van der Waals surface area contributed by atoms with Gasteiger partial charge < -0.3 is 5.32 Å². The van der Waals surface area contributed by atoms with Gasteiger partial charge in [0.1, 0.15) is 0 Å². The highest BCUT2D eigenvalue weighted by molar-refractivity contribution is 5.37. The van der Waals surface area contributed by atoms with Crippen LogP contribution in [-0.4, -0.2) is 7.05 Å². The first-order chi connectivity index (χ1) is 9.04. The van der Waals surface area contributed by atoms with Crippen molar-refractivity contribution in [2.75, 3.05) is 7.05 Å². The molecule has 0 amide bonds. The molecule has 2 rings (SSSR count). The van der Waals surface area contributed by atoms with E-state index < -0.39 is 17.5 Å². The van der Waals surface area contributed by atoms with Gasteiger partial charge in [0.05, 0.1) is 6.04 Å². The summed E-state index contributed by atoms with van der Waals surface area (Å²) in [6, 6.07) is 9.18. The minimum Gasteiger partial charge on any atom is -0.309 e. The lowest BCUT2D eigenvalue weighted by Crippen LogP contribution is -2.19. The third kappa shape index (κ3) is 2.63. The van der Waals surface area contributed by atoms with Crippen LogP contribution in [0.5, 0.6) is 0 Å². The molecular formula is C15H14F3N. The summed E-state index contributed by atoms with van der Waals surface area (Å²) in [6.07, 6.45) is 0. The van der Waals surface area contributed by atoms with E-state index in [9.17, 15) is 13.2 Å². The van der Waals surface area contributed by atoms with Gasteiger partial charge in [-0.15, -0.1) is 0 Å². The van der Waals surface area contributed by atoms with Crippen molar-refractivity contribution in [1.82, 2.24) is 5.32 Å². The van der Waals surface area contributed by atoms with Crippen molar-refractivity contribution in [2.24, 2.45) is 0 Å². The first-order valence-electron chi connectivity index (χ1n) is 5.92. The van der Waals surface area contributed by atoms with Crippen molar-refractivity contribution in [3.8, 4) is 0 Å². The molecule has 1 atom stereocenters. The van der Waals surface area contributed by atoms with E-state index >= 15 is 0 Å². The van der Waals surface area contributed by atoms with Crippen molar-refractivity contribution >= 4 is 0 Å². The fourth-order valence-corrected chi connectivity index (χ4v) is 2.15. The minimum absolute atomic E-state index is 0.355. The van der Waals surface area contributed by atoms with Gasteiger partial charge in [-0.05, 0) is 42.8 Å². The van der Waals surface area contributed by atoms with Crippen molar-refractivity contribution in [3.63, 3.8) is 0 Å². The minimum atomic E-state index is -1.44. The van der Waals surface area contributed by atoms with Crippen molar-refractivity contribution in [1.29, 1.82) is 0 Å². The molecular weight excluding hydrogens is 251 g/mol. The normalized spacial score (nSPS) is 12.5. The molecule has 0 aliphatic rings. The maximum Gasteiger partial charge on any atom is 0.194 e. The van der Waals surface area contributed by atoms with Crippen LogP contribution >= 0.6 is 0 Å². The van der Waals surface area contributed by atoms with E-state index in [2.05, 4.69) is 5.32 Å². The second kappa shape index (κ2) is 5.45. The Labute approximate surface area is 110 Å². The summed E-state index contributed by atoms with van der Waals surface area (Å²) in [5.74, 6) is -3.80. The van der Waals surface area contributed by atoms with Gasteiger partial charge >= 0.3 is 0 Å². The Morgan fingerprint density at radius 1 is 1.00 bits per heavy atom. The summed E-state index contributed by atoms with van der Waals surface area (Å²) < 4.78 is 39.6. The van der Waals surface area contributed by atoms with Crippen LogP contribution in [0.3, 0.4) is 0 Å². The van der Waals surface area contributed by atoms with Gasteiger partial charge in [-0.1, -0.05) is 24.3 Å². The second-order valence-electron chi connectivity index (χ2n) is 4.38. The molecule has 0 saturated carbocycles. The Morgan fingerprint density at radius 2 is 1.58 bits per heavy atom. The number of halogens is 3. The highest BCUT2D eigenvalue weighted by atomic mass is 19.2. The molecule has 4 heteroatoms. The van der Waals surface area contributed by atoms with Crippen LogP contribution in [0.4, 0.5) is 13.2 Å². The lowest BCUT2D eigenvalue weighted by atomic mass is 9.95. The second-order valence-corrected chi connectivity index (χ2v) is 4.38. The number of rotatable bonds is 3. The Bertz CT molecular complexity index is 573. The van der Waals surface area contributed by atoms with Gasteiger partial charge in [0.2, 0.25) is 0 Å². The van der Waals surface area contributed by atoms with E-state index in [1.54, 1.807) is 7.05 Å². The number of hydrogen-bond acceptors (Lipinski definition) is 1. The Hall–Kier alpha value is -1.81. The molecule has 100 valence electrons. The first-order valence-corrected chi connectivity index (χ1v) is 5.92. The van der Waals surface area contributed by atoms with Crippen LogP contribution in [0.1, 0.15) is 22.7 Å². The highest BCUT2D eigenvalue weighted by Gasteiger charge is 2.18. The maximum absolute atomic E-state index is 13.3.